The second kappa shape index (κ2) is 4.44. The second-order valence-corrected chi connectivity index (χ2v) is 5.53. The molecule has 1 unspecified atom stereocenters. The molecule has 0 aromatic carbocycles. The Morgan fingerprint density at radius 1 is 1.65 bits per heavy atom. The molecule has 17 heavy (non-hydrogen) atoms. The van der Waals surface area contributed by atoms with Crippen LogP contribution in [0.15, 0.2) is 17.3 Å². The summed E-state index contributed by atoms with van der Waals surface area (Å²) >= 11 is 0. The Bertz CT molecular complexity index is 545. The number of sulfonamides is 1. The van der Waals surface area contributed by atoms with Crippen molar-refractivity contribution < 1.29 is 13.2 Å². The number of hydrogen-bond donors (Lipinski definition) is 0. The molecule has 0 saturated carbocycles. The van der Waals surface area contributed by atoms with Gasteiger partial charge in [-0.25, -0.2) is 8.42 Å². The number of aromatic nitrogens is 2. The summed E-state index contributed by atoms with van der Waals surface area (Å²) in [4.78, 5) is 0. The van der Waals surface area contributed by atoms with Crippen LogP contribution in [0.5, 0.6) is 0 Å². The van der Waals surface area contributed by atoms with Crippen molar-refractivity contribution in [2.75, 3.05) is 19.7 Å². The summed E-state index contributed by atoms with van der Waals surface area (Å²) in [6.45, 7) is 0.547. The smallest absolute Gasteiger partial charge is 0.260 e. The summed E-state index contributed by atoms with van der Waals surface area (Å²) in [5, 5.41) is 12.7. The van der Waals surface area contributed by atoms with Crippen molar-refractivity contribution in [3.63, 3.8) is 0 Å². The van der Waals surface area contributed by atoms with Crippen molar-refractivity contribution in [1.29, 1.82) is 5.26 Å². The lowest BCUT2D eigenvalue weighted by Gasteiger charge is -2.28. The molecule has 1 atom stereocenters. The third kappa shape index (κ3) is 2.17. The Kier molecular flexibility index (Phi) is 3.15. The number of hydrogen-bond acceptors (Lipinski definition) is 5. The van der Waals surface area contributed by atoms with Crippen molar-refractivity contribution in [3.8, 4) is 6.07 Å². The molecule has 92 valence electrons. The van der Waals surface area contributed by atoms with E-state index in [9.17, 15) is 8.42 Å². The van der Waals surface area contributed by atoms with E-state index in [1.165, 1.54) is 21.3 Å². The third-order valence-electron chi connectivity index (χ3n) is 2.55. The lowest BCUT2D eigenvalue weighted by atomic mass is 10.3. The van der Waals surface area contributed by atoms with E-state index in [-0.39, 0.29) is 24.7 Å². The minimum atomic E-state index is -3.59. The Balaban J connectivity index is 2.28. The van der Waals surface area contributed by atoms with E-state index in [1.807, 2.05) is 6.07 Å². The third-order valence-corrected chi connectivity index (χ3v) is 4.49. The fourth-order valence-electron chi connectivity index (χ4n) is 1.67. The highest BCUT2D eigenvalue weighted by atomic mass is 32.2. The zero-order valence-electron chi connectivity index (χ0n) is 9.28. The van der Waals surface area contributed by atoms with Gasteiger partial charge in [-0.3, -0.25) is 4.68 Å². The summed E-state index contributed by atoms with van der Waals surface area (Å²) in [6, 6.07) is 3.35. The molecule has 0 spiro atoms. The predicted octanol–water partition coefficient (Wildman–Crippen LogP) is -0.667. The Labute approximate surface area is 99.2 Å². The number of rotatable bonds is 2. The van der Waals surface area contributed by atoms with Gasteiger partial charge < -0.3 is 4.74 Å². The lowest BCUT2D eigenvalue weighted by molar-refractivity contribution is 0.0310. The van der Waals surface area contributed by atoms with Gasteiger partial charge in [0.25, 0.3) is 10.0 Å². The molecule has 1 saturated heterocycles. The van der Waals surface area contributed by atoms with E-state index in [0.717, 1.165) is 0 Å². The topological polar surface area (TPSA) is 88.2 Å². The van der Waals surface area contributed by atoms with Gasteiger partial charge in [0.2, 0.25) is 0 Å². The molecule has 0 bridgehead atoms. The van der Waals surface area contributed by atoms with Crippen molar-refractivity contribution in [2.24, 2.45) is 7.05 Å². The van der Waals surface area contributed by atoms with Crippen LogP contribution >= 0.6 is 0 Å². The van der Waals surface area contributed by atoms with Crippen LogP contribution in [0, 0.1) is 11.3 Å². The second-order valence-electron chi connectivity index (χ2n) is 3.64. The maximum Gasteiger partial charge on any atom is 0.260 e. The Morgan fingerprint density at radius 2 is 2.41 bits per heavy atom. The van der Waals surface area contributed by atoms with E-state index < -0.39 is 16.1 Å². The zero-order chi connectivity index (χ0) is 12.5. The molecule has 7 nitrogen and oxygen atoms in total. The lowest BCUT2D eigenvalue weighted by Crippen LogP contribution is -2.45. The van der Waals surface area contributed by atoms with Crippen LogP contribution in [-0.4, -0.2) is 48.3 Å². The molecule has 1 aromatic rings. The van der Waals surface area contributed by atoms with Gasteiger partial charge in [0.1, 0.15) is 0 Å². The van der Waals surface area contributed by atoms with Crippen molar-refractivity contribution >= 4 is 10.0 Å². The van der Waals surface area contributed by atoms with Gasteiger partial charge in [-0.15, -0.1) is 0 Å². The van der Waals surface area contributed by atoms with E-state index in [2.05, 4.69) is 5.10 Å². The monoisotopic (exact) mass is 256 g/mol. The molecule has 2 heterocycles. The number of morpholine rings is 1. The molecule has 1 fully saturated rings. The van der Waals surface area contributed by atoms with Gasteiger partial charge in [-0.05, 0) is 6.07 Å². The quantitative estimate of drug-likeness (QED) is 0.700. The first-order chi connectivity index (χ1) is 8.05. The van der Waals surface area contributed by atoms with E-state index in [4.69, 9.17) is 10.00 Å². The van der Waals surface area contributed by atoms with Crippen LogP contribution in [-0.2, 0) is 21.8 Å². The SMILES string of the molecule is Cn1nccc1S(=O)(=O)N1CCOC(C#N)C1. The van der Waals surface area contributed by atoms with Gasteiger partial charge in [0.05, 0.1) is 25.4 Å². The standard InChI is InChI=1S/C9H12N4O3S/c1-12-9(2-3-11-12)17(14,15)13-4-5-16-8(6-10)7-13/h2-3,8H,4-5,7H2,1H3. The average Bonchev–Trinajstić information content (AvgIpc) is 2.76. The molecule has 1 aliphatic rings. The molecule has 0 radical (unpaired) electrons. The van der Waals surface area contributed by atoms with Crippen LogP contribution in [0.3, 0.4) is 0 Å². The number of nitrogens with zero attached hydrogens (tertiary/aromatic N) is 4. The van der Waals surface area contributed by atoms with Crippen LogP contribution in [0.2, 0.25) is 0 Å². The first-order valence-electron chi connectivity index (χ1n) is 5.05. The summed E-state index contributed by atoms with van der Waals surface area (Å²) in [6.07, 6.45) is 0.724. The van der Waals surface area contributed by atoms with Crippen LogP contribution in [0.25, 0.3) is 0 Å². The molecular weight excluding hydrogens is 244 g/mol. The molecule has 0 N–H and O–H groups in total. The van der Waals surface area contributed by atoms with Crippen molar-refractivity contribution in [1.82, 2.24) is 14.1 Å². The molecule has 0 amide bonds. The van der Waals surface area contributed by atoms with Crippen LogP contribution in [0.4, 0.5) is 0 Å². The van der Waals surface area contributed by atoms with Gasteiger partial charge in [-0.2, -0.15) is 14.7 Å². The largest absolute Gasteiger partial charge is 0.361 e. The predicted molar refractivity (Wildman–Crippen MR) is 57.3 cm³/mol. The minimum absolute atomic E-state index is 0.0595. The minimum Gasteiger partial charge on any atom is -0.361 e. The number of nitriles is 1. The zero-order valence-corrected chi connectivity index (χ0v) is 10.1. The molecule has 2 rings (SSSR count). The molecule has 0 aliphatic carbocycles. The molecule has 1 aromatic heterocycles. The fourth-order valence-corrected chi connectivity index (χ4v) is 3.19. The van der Waals surface area contributed by atoms with Gasteiger partial charge in [0.15, 0.2) is 11.1 Å². The highest BCUT2D eigenvalue weighted by Crippen LogP contribution is 2.17. The average molecular weight is 256 g/mol. The van der Waals surface area contributed by atoms with Gasteiger partial charge in [-0.1, -0.05) is 0 Å². The number of ether oxygens (including phenoxy) is 1. The van der Waals surface area contributed by atoms with Crippen molar-refractivity contribution in [3.05, 3.63) is 12.3 Å². The number of aryl methyl sites for hydroxylation is 1. The molecule has 1 aliphatic heterocycles. The molecule has 8 heteroatoms. The Morgan fingerprint density at radius 3 is 3.00 bits per heavy atom. The summed E-state index contributed by atoms with van der Waals surface area (Å²) in [5.41, 5.74) is 0. The first-order valence-corrected chi connectivity index (χ1v) is 6.49. The highest BCUT2D eigenvalue weighted by molar-refractivity contribution is 7.89. The highest BCUT2D eigenvalue weighted by Gasteiger charge is 2.32. The van der Waals surface area contributed by atoms with E-state index >= 15 is 0 Å². The first kappa shape index (κ1) is 12.0. The Hall–Kier alpha value is -1.43. The summed E-state index contributed by atoms with van der Waals surface area (Å²) < 4.78 is 32.1. The normalized spacial score (nSPS) is 22.2. The summed E-state index contributed by atoms with van der Waals surface area (Å²) in [7, 11) is -2.03. The van der Waals surface area contributed by atoms with Crippen LogP contribution in [0.1, 0.15) is 0 Å². The maximum absolute atomic E-state index is 12.2. The molecular formula is C9H12N4O3S. The maximum atomic E-state index is 12.2. The van der Waals surface area contributed by atoms with E-state index in [1.54, 1.807) is 7.05 Å². The van der Waals surface area contributed by atoms with E-state index in [0.29, 0.717) is 0 Å². The fraction of sp³-hybridized carbons (Fsp3) is 0.556. The van der Waals surface area contributed by atoms with Crippen LogP contribution < -0.4 is 0 Å². The van der Waals surface area contributed by atoms with Crippen molar-refractivity contribution in [2.45, 2.75) is 11.1 Å². The summed E-state index contributed by atoms with van der Waals surface area (Å²) in [5.74, 6) is 0. The van der Waals surface area contributed by atoms with Gasteiger partial charge in [0, 0.05) is 13.6 Å². The van der Waals surface area contributed by atoms with Gasteiger partial charge >= 0.3 is 0 Å².